The van der Waals surface area contributed by atoms with Crippen LogP contribution in [0.1, 0.15) is 16.1 Å². The molecule has 0 N–H and O–H groups in total. The van der Waals surface area contributed by atoms with Crippen molar-refractivity contribution in [2.45, 2.75) is 6.92 Å². The Bertz CT molecular complexity index is 710. The Morgan fingerprint density at radius 2 is 2.14 bits per heavy atom. The van der Waals surface area contributed by atoms with E-state index in [1.54, 1.807) is 6.92 Å². The van der Waals surface area contributed by atoms with Crippen LogP contribution in [0, 0.1) is 17.0 Å². The summed E-state index contributed by atoms with van der Waals surface area (Å²) in [6.45, 7) is 1.68. The number of aryl methyl sites for hydroxylation is 2. The Morgan fingerprint density at radius 1 is 1.43 bits per heavy atom. The molecule has 0 aromatic carbocycles. The van der Waals surface area contributed by atoms with E-state index in [0.29, 0.717) is 5.56 Å². The third-order valence-electron chi connectivity index (χ3n) is 2.60. The van der Waals surface area contributed by atoms with Gasteiger partial charge in [0.2, 0.25) is 5.88 Å². The highest BCUT2D eigenvalue weighted by atomic mass is 16.6. The van der Waals surface area contributed by atoms with Gasteiger partial charge in [-0.25, -0.2) is 14.5 Å². The monoisotopic (exact) mass is 292 g/mol. The van der Waals surface area contributed by atoms with Gasteiger partial charge in [0.05, 0.1) is 12.0 Å². The minimum Gasteiger partial charge on any atom is -0.464 e. The molecule has 0 amide bonds. The van der Waals surface area contributed by atoms with E-state index in [9.17, 15) is 14.9 Å². The zero-order valence-corrected chi connectivity index (χ0v) is 11.6. The van der Waals surface area contributed by atoms with Crippen LogP contribution in [0.2, 0.25) is 0 Å². The molecule has 0 bridgehead atoms. The van der Waals surface area contributed by atoms with Gasteiger partial charge >= 0.3 is 17.5 Å². The molecule has 21 heavy (non-hydrogen) atoms. The summed E-state index contributed by atoms with van der Waals surface area (Å²) < 4.78 is 11.2. The Morgan fingerprint density at radius 3 is 2.76 bits per heavy atom. The van der Waals surface area contributed by atoms with E-state index in [2.05, 4.69) is 14.8 Å². The van der Waals surface area contributed by atoms with Crippen LogP contribution in [-0.2, 0) is 11.8 Å². The van der Waals surface area contributed by atoms with Crippen LogP contribution < -0.4 is 4.74 Å². The minimum absolute atomic E-state index is 0.0322. The summed E-state index contributed by atoms with van der Waals surface area (Å²) in [6.07, 6.45) is 1.44. The summed E-state index contributed by atoms with van der Waals surface area (Å²) in [5, 5.41) is 14.9. The van der Waals surface area contributed by atoms with Gasteiger partial charge in [-0.15, -0.1) is 0 Å². The van der Waals surface area contributed by atoms with Crippen molar-refractivity contribution < 1.29 is 19.2 Å². The predicted octanol–water partition coefficient (Wildman–Crippen LogP) is 1.61. The average molecular weight is 292 g/mol. The highest BCUT2D eigenvalue weighted by Crippen LogP contribution is 2.29. The first kappa shape index (κ1) is 14.4. The molecule has 2 heterocycles. The molecule has 0 aliphatic rings. The Hall–Kier alpha value is -2.97. The summed E-state index contributed by atoms with van der Waals surface area (Å²) in [4.78, 5) is 25.7. The molecule has 9 heteroatoms. The molecular weight excluding hydrogens is 280 g/mol. The smallest absolute Gasteiger partial charge is 0.358 e. The summed E-state index contributed by atoms with van der Waals surface area (Å²) in [5.74, 6) is -0.674. The van der Waals surface area contributed by atoms with Gasteiger partial charge in [0.15, 0.2) is 5.69 Å². The van der Waals surface area contributed by atoms with Crippen molar-refractivity contribution in [3.05, 3.63) is 39.7 Å². The Labute approximate surface area is 119 Å². The number of rotatable bonds is 4. The van der Waals surface area contributed by atoms with Crippen molar-refractivity contribution in [2.75, 3.05) is 7.11 Å². The number of hydrogen-bond acceptors (Lipinski definition) is 7. The van der Waals surface area contributed by atoms with E-state index in [1.165, 1.54) is 37.2 Å². The van der Waals surface area contributed by atoms with Crippen LogP contribution in [0.15, 0.2) is 18.3 Å². The van der Waals surface area contributed by atoms with Crippen LogP contribution in [-0.4, -0.2) is 32.8 Å². The number of ether oxygens (including phenoxy) is 2. The van der Waals surface area contributed by atoms with Crippen molar-refractivity contribution in [1.29, 1.82) is 0 Å². The van der Waals surface area contributed by atoms with Gasteiger partial charge in [0, 0.05) is 25.4 Å². The maximum absolute atomic E-state index is 11.4. The van der Waals surface area contributed by atoms with E-state index in [4.69, 9.17) is 4.74 Å². The molecule has 0 spiro atoms. The molecule has 0 saturated heterocycles. The Kier molecular flexibility index (Phi) is 3.83. The van der Waals surface area contributed by atoms with Crippen molar-refractivity contribution in [3.63, 3.8) is 0 Å². The zero-order valence-electron chi connectivity index (χ0n) is 11.6. The van der Waals surface area contributed by atoms with E-state index in [0.717, 1.165) is 0 Å². The van der Waals surface area contributed by atoms with Crippen LogP contribution in [0.5, 0.6) is 11.8 Å². The molecule has 0 aliphatic heterocycles. The van der Waals surface area contributed by atoms with Gasteiger partial charge in [0.1, 0.15) is 0 Å². The maximum Gasteiger partial charge on any atom is 0.358 e. The molecule has 2 aromatic heterocycles. The van der Waals surface area contributed by atoms with E-state index >= 15 is 0 Å². The molecule has 9 nitrogen and oxygen atoms in total. The van der Waals surface area contributed by atoms with Gasteiger partial charge in [0.25, 0.3) is 0 Å². The average Bonchev–Trinajstić information content (AvgIpc) is 2.81. The summed E-state index contributed by atoms with van der Waals surface area (Å²) in [6, 6.07) is 2.66. The number of methoxy groups -OCH3 is 1. The minimum atomic E-state index is -0.633. The second kappa shape index (κ2) is 5.57. The molecular formula is C12H12N4O5. The molecule has 110 valence electrons. The lowest BCUT2D eigenvalue weighted by atomic mass is 10.3. The third-order valence-corrected chi connectivity index (χ3v) is 2.60. The first-order valence-corrected chi connectivity index (χ1v) is 5.83. The lowest BCUT2D eigenvalue weighted by Crippen LogP contribution is -2.03. The fraction of sp³-hybridized carbons (Fsp3) is 0.250. The van der Waals surface area contributed by atoms with Crippen LogP contribution in [0.4, 0.5) is 5.69 Å². The topological polar surface area (TPSA) is 109 Å². The first-order valence-electron chi connectivity index (χ1n) is 5.83. The zero-order chi connectivity index (χ0) is 15.6. The number of aromatic nitrogens is 3. The molecule has 2 rings (SSSR count). The lowest BCUT2D eigenvalue weighted by Gasteiger charge is -2.05. The van der Waals surface area contributed by atoms with E-state index < -0.39 is 10.9 Å². The number of pyridine rings is 1. The van der Waals surface area contributed by atoms with Gasteiger partial charge in [-0.05, 0) is 12.5 Å². The second-order valence-corrected chi connectivity index (χ2v) is 4.18. The van der Waals surface area contributed by atoms with Crippen molar-refractivity contribution >= 4 is 11.7 Å². The number of nitro groups is 1. The van der Waals surface area contributed by atoms with Crippen LogP contribution >= 0.6 is 0 Å². The normalized spacial score (nSPS) is 10.2. The molecule has 0 atom stereocenters. The fourth-order valence-electron chi connectivity index (χ4n) is 1.60. The standard InChI is InChI=1S/C12H12N4O5/c1-7-4-9(16(18)19)11(13-6-7)21-10-5-8(12(17)20-3)14-15(10)2/h4-6H,1-3H3. The van der Waals surface area contributed by atoms with Gasteiger partial charge < -0.3 is 9.47 Å². The molecule has 0 saturated carbocycles. The van der Waals surface area contributed by atoms with Gasteiger partial charge in [-0.1, -0.05) is 0 Å². The molecule has 0 unspecified atom stereocenters. The predicted molar refractivity (Wildman–Crippen MR) is 70.2 cm³/mol. The number of hydrogen-bond donors (Lipinski definition) is 0. The van der Waals surface area contributed by atoms with Gasteiger partial charge in [-0.2, -0.15) is 5.10 Å². The van der Waals surface area contributed by atoms with E-state index in [-0.39, 0.29) is 23.1 Å². The summed E-state index contributed by atoms with van der Waals surface area (Å²) in [7, 11) is 2.76. The highest BCUT2D eigenvalue weighted by molar-refractivity contribution is 5.87. The fourth-order valence-corrected chi connectivity index (χ4v) is 1.60. The van der Waals surface area contributed by atoms with Gasteiger partial charge in [-0.3, -0.25) is 10.1 Å². The number of carbonyl (C=O) groups excluding carboxylic acids is 1. The lowest BCUT2D eigenvalue weighted by molar-refractivity contribution is -0.386. The number of nitrogens with zero attached hydrogens (tertiary/aromatic N) is 4. The van der Waals surface area contributed by atoms with E-state index in [1.807, 2.05) is 0 Å². The van der Waals surface area contributed by atoms with Crippen molar-refractivity contribution in [2.24, 2.45) is 7.05 Å². The van der Waals surface area contributed by atoms with Crippen LogP contribution in [0.25, 0.3) is 0 Å². The second-order valence-electron chi connectivity index (χ2n) is 4.18. The summed E-state index contributed by atoms with van der Waals surface area (Å²) in [5.41, 5.74) is 0.398. The first-order chi connectivity index (χ1) is 9.92. The quantitative estimate of drug-likeness (QED) is 0.478. The van der Waals surface area contributed by atoms with Crippen molar-refractivity contribution in [1.82, 2.24) is 14.8 Å². The largest absolute Gasteiger partial charge is 0.464 e. The maximum atomic E-state index is 11.4. The summed E-state index contributed by atoms with van der Waals surface area (Å²) >= 11 is 0. The molecule has 0 fully saturated rings. The molecule has 0 aliphatic carbocycles. The molecule has 2 aromatic rings. The molecule has 0 radical (unpaired) electrons. The van der Waals surface area contributed by atoms with Crippen molar-refractivity contribution in [3.8, 4) is 11.8 Å². The van der Waals surface area contributed by atoms with Crippen LogP contribution in [0.3, 0.4) is 0 Å². The Balaban J connectivity index is 2.37. The number of carbonyl (C=O) groups is 1. The SMILES string of the molecule is COC(=O)c1cc(Oc2ncc(C)cc2[N+](=O)[O-])n(C)n1. The third kappa shape index (κ3) is 2.96. The number of esters is 1. The highest BCUT2D eigenvalue weighted by Gasteiger charge is 2.21.